The lowest BCUT2D eigenvalue weighted by Crippen LogP contribution is -2.52. The molecule has 0 bridgehead atoms. The minimum Gasteiger partial charge on any atom is -0.374 e. The second kappa shape index (κ2) is 12.4. The zero-order valence-corrected chi connectivity index (χ0v) is 18.2. The third kappa shape index (κ3) is 8.06. The van der Waals surface area contributed by atoms with Gasteiger partial charge in [-0.15, -0.1) is 6.58 Å². The van der Waals surface area contributed by atoms with Crippen molar-refractivity contribution in [3.8, 4) is 0 Å². The predicted octanol–water partition coefficient (Wildman–Crippen LogP) is 6.67. The molecule has 0 spiro atoms. The second-order valence-corrected chi connectivity index (χ2v) is 8.46. The molecule has 1 saturated heterocycles. The second-order valence-electron chi connectivity index (χ2n) is 8.46. The maximum atomic E-state index is 6.34. The number of allylic oxidation sites excluding steroid dienone is 1. The monoisotopic (exact) mass is 388 g/mol. The van der Waals surface area contributed by atoms with Crippen LogP contribution in [0.15, 0.2) is 43.0 Å². The minimum atomic E-state index is -0.564. The Bertz CT molecular complexity index is 540. The first kappa shape index (κ1) is 23.1. The van der Waals surface area contributed by atoms with Crippen molar-refractivity contribution in [3.05, 3.63) is 48.6 Å². The lowest BCUT2D eigenvalue weighted by molar-refractivity contribution is -0.328. The fourth-order valence-electron chi connectivity index (χ4n) is 4.09. The van der Waals surface area contributed by atoms with Gasteiger partial charge in [0, 0.05) is 5.92 Å². The van der Waals surface area contributed by atoms with Crippen LogP contribution in [0.2, 0.25) is 0 Å². The molecular weight excluding hydrogens is 348 g/mol. The van der Waals surface area contributed by atoms with Gasteiger partial charge in [-0.2, -0.15) is 0 Å². The highest BCUT2D eigenvalue weighted by Crippen LogP contribution is 2.36. The molecule has 3 nitrogen and oxygen atoms in total. The maximum Gasteiger partial charge on any atom is 0.163 e. The lowest BCUT2D eigenvalue weighted by Gasteiger charge is -2.46. The topological polar surface area (TPSA) is 27.7 Å². The number of benzene rings is 1. The number of ether oxygens (including phenoxy) is 3. The van der Waals surface area contributed by atoms with Gasteiger partial charge in [-0.05, 0) is 32.3 Å². The number of unbranched alkanes of at least 4 members (excludes halogenated alkanes) is 5. The standard InChI is InChI=1S/C25H40O3/c1-5-7-8-9-10-14-18-23-22(15-6-2)24(28-25(3,4)27-23)20-26-19-21-16-12-11-13-17-21/h6,11-13,16-17,22-24H,2,5,7-10,14-15,18-20H2,1,3-4H3/t22-,23+,24+/m1/s1. The summed E-state index contributed by atoms with van der Waals surface area (Å²) in [6.45, 7) is 11.5. The van der Waals surface area contributed by atoms with Crippen LogP contribution < -0.4 is 0 Å². The zero-order valence-electron chi connectivity index (χ0n) is 18.2. The molecule has 1 aliphatic heterocycles. The van der Waals surface area contributed by atoms with Gasteiger partial charge in [0.15, 0.2) is 5.79 Å². The van der Waals surface area contributed by atoms with Crippen LogP contribution in [0, 0.1) is 5.92 Å². The highest BCUT2D eigenvalue weighted by atomic mass is 16.7. The van der Waals surface area contributed by atoms with Gasteiger partial charge in [-0.3, -0.25) is 0 Å². The molecule has 2 rings (SSSR count). The Morgan fingerprint density at radius 3 is 2.39 bits per heavy atom. The summed E-state index contributed by atoms with van der Waals surface area (Å²) in [6.07, 6.45) is 12.1. The van der Waals surface area contributed by atoms with E-state index < -0.39 is 5.79 Å². The van der Waals surface area contributed by atoms with Gasteiger partial charge in [0.25, 0.3) is 0 Å². The highest BCUT2D eigenvalue weighted by Gasteiger charge is 2.42. The SMILES string of the molecule is C=CC[C@@H]1[C@H](CCCCCCCC)OC(C)(C)O[C@H]1COCc1ccccc1. The van der Waals surface area contributed by atoms with E-state index in [4.69, 9.17) is 14.2 Å². The molecule has 0 N–H and O–H groups in total. The van der Waals surface area contributed by atoms with Crippen LogP contribution in [0.25, 0.3) is 0 Å². The molecule has 1 aliphatic rings. The fraction of sp³-hybridized carbons (Fsp3) is 0.680. The molecule has 0 aromatic heterocycles. The molecule has 0 saturated carbocycles. The predicted molar refractivity (Wildman–Crippen MR) is 116 cm³/mol. The van der Waals surface area contributed by atoms with E-state index in [0.717, 1.165) is 12.8 Å². The summed E-state index contributed by atoms with van der Waals surface area (Å²) in [7, 11) is 0. The van der Waals surface area contributed by atoms with E-state index in [1.54, 1.807) is 0 Å². The zero-order chi connectivity index (χ0) is 20.2. The molecule has 3 heteroatoms. The van der Waals surface area contributed by atoms with Crippen molar-refractivity contribution >= 4 is 0 Å². The normalized spacial score (nSPS) is 24.2. The average Bonchev–Trinajstić information content (AvgIpc) is 2.67. The molecule has 1 aromatic rings. The van der Waals surface area contributed by atoms with E-state index in [1.807, 2.05) is 38.1 Å². The Balaban J connectivity index is 1.88. The van der Waals surface area contributed by atoms with E-state index >= 15 is 0 Å². The van der Waals surface area contributed by atoms with Crippen LogP contribution >= 0.6 is 0 Å². The summed E-state index contributed by atoms with van der Waals surface area (Å²) >= 11 is 0. The highest BCUT2D eigenvalue weighted by molar-refractivity contribution is 5.13. The summed E-state index contributed by atoms with van der Waals surface area (Å²) in [4.78, 5) is 0. The van der Waals surface area contributed by atoms with Gasteiger partial charge >= 0.3 is 0 Å². The van der Waals surface area contributed by atoms with Crippen molar-refractivity contribution in [1.29, 1.82) is 0 Å². The van der Waals surface area contributed by atoms with Crippen molar-refractivity contribution in [1.82, 2.24) is 0 Å². The third-order valence-corrected chi connectivity index (χ3v) is 5.50. The van der Waals surface area contributed by atoms with Gasteiger partial charge in [0.2, 0.25) is 0 Å². The van der Waals surface area contributed by atoms with Crippen molar-refractivity contribution in [2.45, 2.75) is 96.7 Å². The van der Waals surface area contributed by atoms with Gasteiger partial charge in [-0.1, -0.05) is 81.9 Å². The molecule has 1 aromatic carbocycles. The first-order valence-electron chi connectivity index (χ1n) is 11.1. The Morgan fingerprint density at radius 2 is 1.68 bits per heavy atom. The summed E-state index contributed by atoms with van der Waals surface area (Å²) in [5.74, 6) is -0.261. The van der Waals surface area contributed by atoms with E-state index in [2.05, 4.69) is 25.6 Å². The lowest BCUT2D eigenvalue weighted by atomic mass is 9.87. The quantitative estimate of drug-likeness (QED) is 0.279. The molecule has 0 radical (unpaired) electrons. The van der Waals surface area contributed by atoms with Crippen LogP contribution in [0.3, 0.4) is 0 Å². The van der Waals surface area contributed by atoms with Crippen LogP contribution in [0.1, 0.15) is 77.7 Å². The molecule has 0 amide bonds. The average molecular weight is 389 g/mol. The molecule has 0 unspecified atom stereocenters. The van der Waals surface area contributed by atoms with Crippen molar-refractivity contribution in [2.75, 3.05) is 6.61 Å². The van der Waals surface area contributed by atoms with Gasteiger partial charge < -0.3 is 14.2 Å². The summed E-state index contributed by atoms with van der Waals surface area (Å²) in [5.41, 5.74) is 1.19. The fourth-order valence-corrected chi connectivity index (χ4v) is 4.09. The van der Waals surface area contributed by atoms with Crippen molar-refractivity contribution < 1.29 is 14.2 Å². The number of hydrogen-bond acceptors (Lipinski definition) is 3. The van der Waals surface area contributed by atoms with E-state index in [0.29, 0.717) is 19.1 Å². The minimum absolute atomic E-state index is 0.0375. The summed E-state index contributed by atoms with van der Waals surface area (Å²) in [6, 6.07) is 10.3. The van der Waals surface area contributed by atoms with E-state index in [-0.39, 0.29) is 12.2 Å². The van der Waals surface area contributed by atoms with Crippen LogP contribution in [0.4, 0.5) is 0 Å². The molecule has 28 heavy (non-hydrogen) atoms. The van der Waals surface area contributed by atoms with Crippen LogP contribution in [0.5, 0.6) is 0 Å². The molecular formula is C25H40O3. The van der Waals surface area contributed by atoms with Gasteiger partial charge in [-0.25, -0.2) is 0 Å². The van der Waals surface area contributed by atoms with Crippen LogP contribution in [-0.2, 0) is 20.8 Å². The Labute approximate surface area is 172 Å². The van der Waals surface area contributed by atoms with Crippen molar-refractivity contribution in [3.63, 3.8) is 0 Å². The largest absolute Gasteiger partial charge is 0.374 e. The Morgan fingerprint density at radius 1 is 1.00 bits per heavy atom. The third-order valence-electron chi connectivity index (χ3n) is 5.50. The first-order valence-corrected chi connectivity index (χ1v) is 11.1. The van der Waals surface area contributed by atoms with Gasteiger partial charge in [0.1, 0.15) is 0 Å². The number of hydrogen-bond donors (Lipinski definition) is 0. The molecule has 3 atom stereocenters. The first-order chi connectivity index (χ1) is 13.6. The molecule has 0 aliphatic carbocycles. The van der Waals surface area contributed by atoms with Crippen molar-refractivity contribution in [2.24, 2.45) is 5.92 Å². The number of rotatable bonds is 13. The Kier molecular flexibility index (Phi) is 10.3. The van der Waals surface area contributed by atoms with Gasteiger partial charge in [0.05, 0.1) is 25.4 Å². The van der Waals surface area contributed by atoms with E-state index in [1.165, 1.54) is 44.1 Å². The Hall–Kier alpha value is -1.16. The summed E-state index contributed by atoms with van der Waals surface area (Å²) in [5, 5.41) is 0. The molecule has 1 fully saturated rings. The maximum absolute atomic E-state index is 6.34. The van der Waals surface area contributed by atoms with Crippen LogP contribution in [-0.4, -0.2) is 24.6 Å². The van der Waals surface area contributed by atoms with E-state index in [9.17, 15) is 0 Å². The summed E-state index contributed by atoms with van der Waals surface area (Å²) < 4.78 is 18.6. The smallest absolute Gasteiger partial charge is 0.163 e. The molecule has 1 heterocycles. The molecule has 158 valence electrons.